The highest BCUT2D eigenvalue weighted by molar-refractivity contribution is 5.64. The van der Waals surface area contributed by atoms with Crippen LogP contribution in [0, 0.1) is 13.8 Å². The molecule has 1 aromatic heterocycles. The van der Waals surface area contributed by atoms with E-state index in [2.05, 4.69) is 37.0 Å². The first-order valence-electron chi connectivity index (χ1n) is 6.84. The molecule has 20 heavy (non-hydrogen) atoms. The lowest BCUT2D eigenvalue weighted by atomic mass is 9.85. The van der Waals surface area contributed by atoms with Crippen molar-refractivity contribution in [2.75, 3.05) is 19.8 Å². The minimum Gasteiger partial charge on any atom is -0.379 e. The van der Waals surface area contributed by atoms with Gasteiger partial charge < -0.3 is 10.5 Å². The summed E-state index contributed by atoms with van der Waals surface area (Å²) in [5.41, 5.74) is 10.2. The van der Waals surface area contributed by atoms with Crippen molar-refractivity contribution in [2.45, 2.75) is 19.3 Å². The third-order valence-corrected chi connectivity index (χ3v) is 3.95. The molecule has 2 aromatic rings. The second-order valence-corrected chi connectivity index (χ2v) is 5.56. The second-order valence-electron chi connectivity index (χ2n) is 5.56. The molecule has 0 aliphatic carbocycles. The number of rotatable bonds is 3. The zero-order valence-corrected chi connectivity index (χ0v) is 11.9. The molecule has 104 valence electrons. The summed E-state index contributed by atoms with van der Waals surface area (Å²) in [4.78, 5) is 9.15. The molecule has 1 saturated heterocycles. The number of nitrogens with two attached hydrogens (primary N) is 1. The largest absolute Gasteiger partial charge is 0.379 e. The maximum absolute atomic E-state index is 5.88. The lowest BCUT2D eigenvalue weighted by molar-refractivity contribution is -0.0593. The van der Waals surface area contributed by atoms with Gasteiger partial charge in [-0.15, -0.1) is 0 Å². The van der Waals surface area contributed by atoms with Crippen molar-refractivity contribution in [1.82, 2.24) is 9.97 Å². The Bertz CT molecular complexity index is 630. The summed E-state index contributed by atoms with van der Waals surface area (Å²) in [6.07, 6.45) is 1.81. The number of ether oxygens (including phenoxy) is 1. The van der Waals surface area contributed by atoms with E-state index in [1.165, 1.54) is 11.1 Å². The lowest BCUT2D eigenvalue weighted by Crippen LogP contribution is -2.53. The molecule has 0 radical (unpaired) electrons. The number of aryl methyl sites for hydroxylation is 2. The maximum atomic E-state index is 5.88. The Morgan fingerprint density at radius 1 is 1.25 bits per heavy atom. The van der Waals surface area contributed by atoms with Gasteiger partial charge in [0.05, 0.1) is 24.3 Å². The predicted octanol–water partition coefficient (Wildman–Crippen LogP) is 1.99. The van der Waals surface area contributed by atoms with E-state index in [1.807, 2.05) is 12.3 Å². The van der Waals surface area contributed by atoms with Crippen LogP contribution in [0.25, 0.3) is 11.3 Å². The molecule has 0 amide bonds. The van der Waals surface area contributed by atoms with Crippen LogP contribution in [0.2, 0.25) is 0 Å². The molecule has 0 saturated carbocycles. The molecule has 2 N–H and O–H groups in total. The van der Waals surface area contributed by atoms with Crippen LogP contribution in [0.1, 0.15) is 17.0 Å². The zero-order valence-electron chi connectivity index (χ0n) is 11.9. The van der Waals surface area contributed by atoms with Gasteiger partial charge in [-0.2, -0.15) is 0 Å². The number of aromatic nitrogens is 2. The molecule has 0 atom stereocenters. The average molecular weight is 269 g/mol. The van der Waals surface area contributed by atoms with Gasteiger partial charge in [-0.3, -0.25) is 0 Å². The van der Waals surface area contributed by atoms with Gasteiger partial charge in [-0.1, -0.05) is 17.7 Å². The Morgan fingerprint density at radius 2 is 2.05 bits per heavy atom. The molecule has 0 bridgehead atoms. The standard InChI is InChI=1S/C16H19N3O/c1-11-3-4-12(2)13(7-11)14-5-6-18-15(19-14)16(8-17)9-20-10-16/h3-7H,8-10,17H2,1-2H3. The normalized spacial score (nSPS) is 16.8. The third-order valence-electron chi connectivity index (χ3n) is 3.95. The fourth-order valence-electron chi connectivity index (χ4n) is 2.46. The maximum Gasteiger partial charge on any atom is 0.141 e. The van der Waals surface area contributed by atoms with Gasteiger partial charge in [0, 0.05) is 18.3 Å². The number of hydrogen-bond donors (Lipinski definition) is 1. The van der Waals surface area contributed by atoms with Crippen molar-refractivity contribution in [3.05, 3.63) is 47.4 Å². The van der Waals surface area contributed by atoms with Crippen LogP contribution >= 0.6 is 0 Å². The third kappa shape index (κ3) is 2.11. The Labute approximate surface area is 119 Å². The molecular weight excluding hydrogens is 250 g/mol. The van der Waals surface area contributed by atoms with Crippen molar-refractivity contribution >= 4 is 0 Å². The quantitative estimate of drug-likeness (QED) is 0.925. The van der Waals surface area contributed by atoms with Crippen molar-refractivity contribution in [3.63, 3.8) is 0 Å². The summed E-state index contributed by atoms with van der Waals surface area (Å²) in [5, 5.41) is 0. The summed E-state index contributed by atoms with van der Waals surface area (Å²) in [5.74, 6) is 0.796. The molecular formula is C16H19N3O. The summed E-state index contributed by atoms with van der Waals surface area (Å²) >= 11 is 0. The Morgan fingerprint density at radius 3 is 2.70 bits per heavy atom. The second kappa shape index (κ2) is 4.96. The highest BCUT2D eigenvalue weighted by Crippen LogP contribution is 2.30. The van der Waals surface area contributed by atoms with Crippen LogP contribution in [0.4, 0.5) is 0 Å². The van der Waals surface area contributed by atoms with Crippen molar-refractivity contribution in [1.29, 1.82) is 0 Å². The van der Waals surface area contributed by atoms with Gasteiger partial charge >= 0.3 is 0 Å². The lowest BCUT2D eigenvalue weighted by Gasteiger charge is -2.38. The minimum absolute atomic E-state index is 0.201. The molecule has 1 fully saturated rings. The molecule has 0 unspecified atom stereocenters. The fourth-order valence-corrected chi connectivity index (χ4v) is 2.46. The molecule has 0 spiro atoms. The Hall–Kier alpha value is -1.78. The number of benzene rings is 1. The molecule has 2 heterocycles. The average Bonchev–Trinajstić information content (AvgIpc) is 2.41. The van der Waals surface area contributed by atoms with E-state index < -0.39 is 0 Å². The van der Waals surface area contributed by atoms with Gasteiger partial charge in [0.15, 0.2) is 0 Å². The van der Waals surface area contributed by atoms with E-state index >= 15 is 0 Å². The van der Waals surface area contributed by atoms with E-state index in [1.54, 1.807) is 0 Å². The topological polar surface area (TPSA) is 61.0 Å². The van der Waals surface area contributed by atoms with Crippen molar-refractivity contribution in [2.24, 2.45) is 5.73 Å². The first kappa shape index (κ1) is 13.2. The monoisotopic (exact) mass is 269 g/mol. The van der Waals surface area contributed by atoms with E-state index in [-0.39, 0.29) is 5.41 Å². The summed E-state index contributed by atoms with van der Waals surface area (Å²) in [6.45, 7) is 5.93. The highest BCUT2D eigenvalue weighted by atomic mass is 16.5. The van der Waals surface area contributed by atoms with Crippen LogP contribution < -0.4 is 5.73 Å². The van der Waals surface area contributed by atoms with Crippen LogP contribution in [0.3, 0.4) is 0 Å². The summed E-state index contributed by atoms with van der Waals surface area (Å²) in [7, 11) is 0. The number of nitrogens with zero attached hydrogens (tertiary/aromatic N) is 2. The highest BCUT2D eigenvalue weighted by Gasteiger charge is 2.42. The fraction of sp³-hybridized carbons (Fsp3) is 0.375. The Balaban J connectivity index is 2.05. The van der Waals surface area contributed by atoms with Crippen LogP contribution in [0.5, 0.6) is 0 Å². The van der Waals surface area contributed by atoms with Gasteiger partial charge in [0.2, 0.25) is 0 Å². The van der Waals surface area contributed by atoms with Gasteiger partial charge in [-0.25, -0.2) is 9.97 Å². The van der Waals surface area contributed by atoms with E-state index in [0.29, 0.717) is 19.8 Å². The van der Waals surface area contributed by atoms with Gasteiger partial charge in [0.1, 0.15) is 5.82 Å². The molecule has 1 aromatic carbocycles. The van der Waals surface area contributed by atoms with Crippen molar-refractivity contribution < 1.29 is 4.74 Å². The van der Waals surface area contributed by atoms with Crippen LogP contribution in [-0.2, 0) is 10.2 Å². The van der Waals surface area contributed by atoms with E-state index in [0.717, 1.165) is 17.1 Å². The zero-order chi connectivity index (χ0) is 14.2. The molecule has 1 aliphatic rings. The predicted molar refractivity (Wildman–Crippen MR) is 78.5 cm³/mol. The van der Waals surface area contributed by atoms with Gasteiger partial charge in [-0.05, 0) is 31.5 Å². The van der Waals surface area contributed by atoms with Crippen LogP contribution in [-0.4, -0.2) is 29.7 Å². The Kier molecular flexibility index (Phi) is 3.28. The SMILES string of the molecule is Cc1ccc(C)c(-c2ccnc(C3(CN)COC3)n2)c1. The minimum atomic E-state index is -0.201. The summed E-state index contributed by atoms with van der Waals surface area (Å²) in [6, 6.07) is 8.35. The molecule has 4 heteroatoms. The smallest absolute Gasteiger partial charge is 0.141 e. The van der Waals surface area contributed by atoms with E-state index in [4.69, 9.17) is 15.5 Å². The van der Waals surface area contributed by atoms with Crippen LogP contribution in [0.15, 0.2) is 30.5 Å². The summed E-state index contributed by atoms with van der Waals surface area (Å²) < 4.78 is 5.31. The number of hydrogen-bond acceptors (Lipinski definition) is 4. The first-order chi connectivity index (χ1) is 9.64. The van der Waals surface area contributed by atoms with Gasteiger partial charge in [0.25, 0.3) is 0 Å². The molecule has 1 aliphatic heterocycles. The van der Waals surface area contributed by atoms with Crippen molar-refractivity contribution in [3.8, 4) is 11.3 Å². The van der Waals surface area contributed by atoms with E-state index in [9.17, 15) is 0 Å². The molecule has 3 rings (SSSR count). The first-order valence-corrected chi connectivity index (χ1v) is 6.84. The molecule has 4 nitrogen and oxygen atoms in total.